The van der Waals surface area contributed by atoms with E-state index in [1.165, 1.54) is 11.8 Å². The highest BCUT2D eigenvalue weighted by molar-refractivity contribution is 7.99. The molecule has 0 unspecified atom stereocenters. The van der Waals surface area contributed by atoms with Crippen molar-refractivity contribution >= 4 is 28.4 Å². The first-order valence-electron chi connectivity index (χ1n) is 7.39. The molecule has 0 aliphatic rings. The van der Waals surface area contributed by atoms with E-state index < -0.39 is 0 Å². The van der Waals surface area contributed by atoms with Crippen molar-refractivity contribution in [1.82, 2.24) is 25.2 Å². The maximum Gasteiger partial charge on any atom is 0.214 e. The minimum atomic E-state index is 0.0417. The second-order valence-electron chi connectivity index (χ2n) is 5.17. The number of carbonyl (C=O) groups excluding carboxylic acids is 1. The Labute approximate surface area is 141 Å². The van der Waals surface area contributed by atoms with E-state index in [1.807, 2.05) is 54.6 Å². The molecule has 0 aliphatic heterocycles. The molecule has 0 bridgehead atoms. The van der Waals surface area contributed by atoms with Crippen LogP contribution >= 0.6 is 11.8 Å². The molecule has 0 radical (unpaired) electrons. The van der Waals surface area contributed by atoms with Crippen LogP contribution in [0.5, 0.6) is 0 Å². The van der Waals surface area contributed by atoms with Crippen LogP contribution in [0.15, 0.2) is 66.0 Å². The minimum absolute atomic E-state index is 0.0417. The van der Waals surface area contributed by atoms with E-state index in [2.05, 4.69) is 20.5 Å². The van der Waals surface area contributed by atoms with Crippen LogP contribution in [0, 0.1) is 0 Å². The summed E-state index contributed by atoms with van der Waals surface area (Å²) >= 11 is 1.33. The summed E-state index contributed by atoms with van der Waals surface area (Å²) in [7, 11) is 0. The molecule has 2 aromatic carbocycles. The standard InChI is InChI=1S/C17H13N5OS/c23-16(14-10-18-15-9-5-4-8-13(14)15)11-24-17-19-20-21-22(17)12-6-2-1-3-7-12/h1-10,18H,11H2. The van der Waals surface area contributed by atoms with Crippen LogP contribution in [0.2, 0.25) is 0 Å². The number of thioether (sulfide) groups is 1. The van der Waals surface area contributed by atoms with Gasteiger partial charge in [0, 0.05) is 22.7 Å². The topological polar surface area (TPSA) is 76.5 Å². The van der Waals surface area contributed by atoms with E-state index in [1.54, 1.807) is 10.9 Å². The Balaban J connectivity index is 1.54. The second-order valence-corrected chi connectivity index (χ2v) is 6.11. The molecule has 2 heterocycles. The molecule has 0 atom stereocenters. The third kappa shape index (κ3) is 2.69. The number of carbonyl (C=O) groups is 1. The number of H-pyrrole nitrogens is 1. The van der Waals surface area contributed by atoms with Gasteiger partial charge in [-0.3, -0.25) is 4.79 Å². The zero-order valence-electron chi connectivity index (χ0n) is 12.6. The lowest BCUT2D eigenvalue weighted by Gasteiger charge is -2.03. The van der Waals surface area contributed by atoms with E-state index in [4.69, 9.17) is 0 Å². The van der Waals surface area contributed by atoms with Crippen LogP contribution in [0.3, 0.4) is 0 Å². The van der Waals surface area contributed by atoms with Gasteiger partial charge in [0.1, 0.15) is 0 Å². The highest BCUT2D eigenvalue weighted by Gasteiger charge is 2.15. The number of Topliss-reactive ketones (excluding diaryl/α,β-unsaturated/α-hetero) is 1. The number of tetrazole rings is 1. The average Bonchev–Trinajstić information content (AvgIpc) is 3.27. The summed E-state index contributed by atoms with van der Waals surface area (Å²) in [5.74, 6) is 0.315. The lowest BCUT2D eigenvalue weighted by molar-refractivity contribution is 0.102. The van der Waals surface area contributed by atoms with Crippen molar-refractivity contribution in [3.63, 3.8) is 0 Å². The van der Waals surface area contributed by atoms with Gasteiger partial charge in [0.2, 0.25) is 5.16 Å². The Kier molecular flexibility index (Phi) is 3.84. The van der Waals surface area contributed by atoms with E-state index >= 15 is 0 Å². The van der Waals surface area contributed by atoms with Crippen LogP contribution in [-0.4, -0.2) is 36.7 Å². The van der Waals surface area contributed by atoms with Gasteiger partial charge in [-0.05, 0) is 28.6 Å². The van der Waals surface area contributed by atoms with Crippen LogP contribution in [-0.2, 0) is 0 Å². The molecule has 0 saturated carbocycles. The predicted octanol–water partition coefficient (Wildman–Crippen LogP) is 3.12. The number of hydrogen-bond donors (Lipinski definition) is 1. The van der Waals surface area contributed by atoms with Crippen molar-refractivity contribution in [3.8, 4) is 5.69 Å². The number of nitrogens with one attached hydrogen (secondary N) is 1. The van der Waals surface area contributed by atoms with Crippen molar-refractivity contribution in [2.24, 2.45) is 0 Å². The predicted molar refractivity (Wildman–Crippen MR) is 92.5 cm³/mol. The molecule has 0 aliphatic carbocycles. The molecular formula is C17H13N5OS. The molecule has 118 valence electrons. The normalized spacial score (nSPS) is 11.0. The van der Waals surface area contributed by atoms with Gasteiger partial charge >= 0.3 is 0 Å². The summed E-state index contributed by atoms with van der Waals surface area (Å²) in [6, 6.07) is 17.4. The Morgan fingerprint density at radius 2 is 1.88 bits per heavy atom. The third-order valence-electron chi connectivity index (χ3n) is 3.66. The monoisotopic (exact) mass is 335 g/mol. The van der Waals surface area contributed by atoms with Crippen molar-refractivity contribution in [3.05, 3.63) is 66.4 Å². The second kappa shape index (κ2) is 6.29. The van der Waals surface area contributed by atoms with Gasteiger partial charge in [0.25, 0.3) is 0 Å². The summed E-state index contributed by atoms with van der Waals surface area (Å²) in [4.78, 5) is 15.7. The van der Waals surface area contributed by atoms with Crippen molar-refractivity contribution in [1.29, 1.82) is 0 Å². The fourth-order valence-corrected chi connectivity index (χ4v) is 3.28. The lowest BCUT2D eigenvalue weighted by Crippen LogP contribution is -2.04. The van der Waals surface area contributed by atoms with Crippen molar-refractivity contribution in [2.75, 3.05) is 5.75 Å². The molecule has 0 amide bonds. The number of aromatic amines is 1. The highest BCUT2D eigenvalue weighted by Crippen LogP contribution is 2.23. The minimum Gasteiger partial charge on any atom is -0.360 e. The smallest absolute Gasteiger partial charge is 0.214 e. The summed E-state index contributed by atoms with van der Waals surface area (Å²) in [5.41, 5.74) is 2.52. The first-order chi connectivity index (χ1) is 11.8. The Bertz CT molecular complexity index is 992. The summed E-state index contributed by atoms with van der Waals surface area (Å²) in [6.45, 7) is 0. The molecule has 6 nitrogen and oxygen atoms in total. The van der Waals surface area contributed by atoms with E-state index in [9.17, 15) is 4.79 Å². The number of aromatic nitrogens is 5. The lowest BCUT2D eigenvalue weighted by atomic mass is 10.1. The van der Waals surface area contributed by atoms with Crippen LogP contribution in [0.1, 0.15) is 10.4 Å². The van der Waals surface area contributed by atoms with Crippen molar-refractivity contribution in [2.45, 2.75) is 5.16 Å². The van der Waals surface area contributed by atoms with E-state index in [0.29, 0.717) is 10.7 Å². The fourth-order valence-electron chi connectivity index (χ4n) is 2.51. The zero-order chi connectivity index (χ0) is 16.4. The van der Waals surface area contributed by atoms with Gasteiger partial charge in [-0.2, -0.15) is 4.68 Å². The summed E-state index contributed by atoms with van der Waals surface area (Å²) in [6.07, 6.45) is 1.76. The molecule has 4 rings (SSSR count). The molecule has 24 heavy (non-hydrogen) atoms. The quantitative estimate of drug-likeness (QED) is 0.448. The number of ketones is 1. The van der Waals surface area contributed by atoms with Gasteiger partial charge in [0.15, 0.2) is 5.78 Å². The maximum atomic E-state index is 12.5. The molecule has 0 spiro atoms. The average molecular weight is 335 g/mol. The molecule has 7 heteroatoms. The molecule has 0 saturated heterocycles. The first kappa shape index (κ1) is 14.6. The van der Waals surface area contributed by atoms with Crippen molar-refractivity contribution < 1.29 is 4.79 Å². The van der Waals surface area contributed by atoms with Gasteiger partial charge < -0.3 is 4.98 Å². The number of rotatable bonds is 5. The first-order valence-corrected chi connectivity index (χ1v) is 8.37. The molecule has 2 aromatic heterocycles. The number of para-hydroxylation sites is 2. The molecular weight excluding hydrogens is 322 g/mol. The molecule has 4 aromatic rings. The van der Waals surface area contributed by atoms with Crippen LogP contribution < -0.4 is 0 Å². The molecule has 0 fully saturated rings. The SMILES string of the molecule is O=C(CSc1nnnn1-c1ccccc1)c1c[nH]c2ccccc12. The third-order valence-corrected chi connectivity index (χ3v) is 4.58. The van der Waals surface area contributed by atoms with Gasteiger partial charge in [-0.25, -0.2) is 0 Å². The zero-order valence-corrected chi connectivity index (χ0v) is 13.4. The number of nitrogens with zero attached hydrogens (tertiary/aromatic N) is 4. The number of fused-ring (bicyclic) bond motifs is 1. The van der Waals surface area contributed by atoms with Gasteiger partial charge in [-0.15, -0.1) is 5.10 Å². The van der Waals surface area contributed by atoms with E-state index in [0.717, 1.165) is 16.6 Å². The number of benzene rings is 2. The Morgan fingerprint density at radius 3 is 2.75 bits per heavy atom. The largest absolute Gasteiger partial charge is 0.360 e. The number of hydrogen-bond acceptors (Lipinski definition) is 5. The van der Waals surface area contributed by atoms with E-state index in [-0.39, 0.29) is 11.5 Å². The summed E-state index contributed by atoms with van der Waals surface area (Å²) in [5, 5.41) is 13.2. The maximum absolute atomic E-state index is 12.5. The van der Waals surface area contributed by atoms with Gasteiger partial charge in [-0.1, -0.05) is 48.2 Å². The summed E-state index contributed by atoms with van der Waals surface area (Å²) < 4.78 is 1.63. The van der Waals surface area contributed by atoms with Gasteiger partial charge in [0.05, 0.1) is 11.4 Å². The Morgan fingerprint density at radius 1 is 1.08 bits per heavy atom. The Hall–Kier alpha value is -2.93. The van der Waals surface area contributed by atoms with Crippen LogP contribution in [0.25, 0.3) is 16.6 Å². The highest BCUT2D eigenvalue weighted by atomic mass is 32.2. The van der Waals surface area contributed by atoms with Crippen LogP contribution in [0.4, 0.5) is 0 Å². The molecule has 1 N–H and O–H groups in total. The fraction of sp³-hybridized carbons (Fsp3) is 0.0588.